The minimum absolute atomic E-state index is 0.0889. The first-order valence-corrected chi connectivity index (χ1v) is 7.99. The summed E-state index contributed by atoms with van der Waals surface area (Å²) in [5, 5.41) is 2.19. The van der Waals surface area contributed by atoms with E-state index in [9.17, 15) is 9.59 Å². The molecule has 2 aromatic rings. The maximum Gasteiger partial charge on any atom is 0.326 e. The number of hydrogen-bond donors (Lipinski definition) is 0. The van der Waals surface area contributed by atoms with Gasteiger partial charge in [0.2, 0.25) is 5.91 Å². The van der Waals surface area contributed by atoms with Crippen LogP contribution < -0.4 is 4.74 Å². The van der Waals surface area contributed by atoms with E-state index >= 15 is 0 Å². The predicted octanol–water partition coefficient (Wildman–Crippen LogP) is 3.12. The number of benzene rings is 2. The van der Waals surface area contributed by atoms with Crippen molar-refractivity contribution in [2.75, 3.05) is 6.54 Å². The van der Waals surface area contributed by atoms with Gasteiger partial charge in [0.05, 0.1) is 6.42 Å². The Morgan fingerprint density at radius 3 is 2.54 bits per heavy atom. The molecule has 126 valence electrons. The maximum absolute atomic E-state index is 11.9. The Hall–Kier alpha value is -2.56. The SMILES string of the molecule is CC(C)(C)OC(=O)CN1C(=O)CC1Oc1ccc2ccccc2c1. The second-order valence-corrected chi connectivity index (χ2v) is 6.89. The fourth-order valence-corrected chi connectivity index (χ4v) is 2.63. The Labute approximate surface area is 141 Å². The van der Waals surface area contributed by atoms with Gasteiger partial charge < -0.3 is 9.47 Å². The van der Waals surface area contributed by atoms with E-state index in [-0.39, 0.29) is 18.9 Å². The number of β-lactam (4-membered cyclic amide) rings is 1. The first kappa shape index (κ1) is 16.3. The van der Waals surface area contributed by atoms with Crippen LogP contribution in [0.2, 0.25) is 0 Å². The molecule has 3 rings (SSSR count). The van der Waals surface area contributed by atoms with Crippen LogP contribution in [0, 0.1) is 0 Å². The lowest BCUT2D eigenvalue weighted by molar-refractivity contribution is -0.174. The highest BCUT2D eigenvalue weighted by molar-refractivity contribution is 5.87. The molecule has 24 heavy (non-hydrogen) atoms. The summed E-state index contributed by atoms with van der Waals surface area (Å²) in [4.78, 5) is 25.1. The third-order valence-corrected chi connectivity index (χ3v) is 3.73. The van der Waals surface area contributed by atoms with Gasteiger partial charge in [-0.1, -0.05) is 30.3 Å². The third kappa shape index (κ3) is 3.67. The van der Waals surface area contributed by atoms with Gasteiger partial charge in [-0.05, 0) is 43.7 Å². The highest BCUT2D eigenvalue weighted by Crippen LogP contribution is 2.26. The number of carbonyl (C=O) groups excluding carboxylic acids is 2. The molecule has 0 N–H and O–H groups in total. The van der Waals surface area contributed by atoms with Crippen molar-refractivity contribution in [2.24, 2.45) is 0 Å². The van der Waals surface area contributed by atoms with E-state index < -0.39 is 17.8 Å². The van der Waals surface area contributed by atoms with Crippen LogP contribution >= 0.6 is 0 Å². The molecule has 0 spiro atoms. The van der Waals surface area contributed by atoms with Crippen LogP contribution in [0.3, 0.4) is 0 Å². The minimum atomic E-state index is -0.570. The summed E-state index contributed by atoms with van der Waals surface area (Å²) in [6.45, 7) is 5.30. The zero-order valence-electron chi connectivity index (χ0n) is 14.1. The van der Waals surface area contributed by atoms with Crippen LogP contribution in [0.1, 0.15) is 27.2 Å². The summed E-state index contributed by atoms with van der Waals surface area (Å²) in [6.07, 6.45) is -0.151. The van der Waals surface area contributed by atoms with E-state index in [1.165, 1.54) is 4.90 Å². The maximum atomic E-state index is 11.9. The van der Waals surface area contributed by atoms with Crippen molar-refractivity contribution >= 4 is 22.6 Å². The molecule has 5 nitrogen and oxygen atoms in total. The minimum Gasteiger partial charge on any atom is -0.470 e. The van der Waals surface area contributed by atoms with Crippen molar-refractivity contribution < 1.29 is 19.1 Å². The second-order valence-electron chi connectivity index (χ2n) is 6.89. The molecule has 0 bridgehead atoms. The Bertz CT molecular complexity index is 778. The molecule has 1 fully saturated rings. The van der Waals surface area contributed by atoms with Crippen LogP contribution in [0.5, 0.6) is 5.75 Å². The van der Waals surface area contributed by atoms with E-state index in [1.807, 2.05) is 42.5 Å². The summed E-state index contributed by atoms with van der Waals surface area (Å²) in [5.74, 6) is 0.148. The summed E-state index contributed by atoms with van der Waals surface area (Å²) < 4.78 is 11.1. The highest BCUT2D eigenvalue weighted by Gasteiger charge is 2.40. The van der Waals surface area contributed by atoms with E-state index in [2.05, 4.69) is 0 Å². The van der Waals surface area contributed by atoms with E-state index in [0.29, 0.717) is 5.75 Å². The molecule has 2 aromatic carbocycles. The van der Waals surface area contributed by atoms with Crippen molar-refractivity contribution in [3.05, 3.63) is 42.5 Å². The molecule has 1 heterocycles. The van der Waals surface area contributed by atoms with Crippen LogP contribution in [-0.2, 0) is 14.3 Å². The quantitative estimate of drug-likeness (QED) is 0.639. The largest absolute Gasteiger partial charge is 0.470 e. The molecule has 1 aliphatic rings. The Kier molecular flexibility index (Phi) is 4.18. The van der Waals surface area contributed by atoms with Crippen LogP contribution in [-0.4, -0.2) is 35.2 Å². The third-order valence-electron chi connectivity index (χ3n) is 3.73. The number of carbonyl (C=O) groups is 2. The lowest BCUT2D eigenvalue weighted by atomic mass is 10.1. The monoisotopic (exact) mass is 327 g/mol. The summed E-state index contributed by atoms with van der Waals surface area (Å²) >= 11 is 0. The zero-order valence-corrected chi connectivity index (χ0v) is 14.1. The first-order chi connectivity index (χ1) is 11.3. The molecule has 5 heteroatoms. The standard InChI is InChI=1S/C19H21NO4/c1-19(2,3)24-18(22)12-20-16(21)11-17(20)23-15-9-8-13-6-4-5-7-14(13)10-15/h4-10,17H,11-12H2,1-3H3. The number of hydrogen-bond acceptors (Lipinski definition) is 4. The molecular formula is C19H21NO4. The molecule has 1 atom stereocenters. The van der Waals surface area contributed by atoms with Crippen molar-refractivity contribution in [1.82, 2.24) is 4.90 Å². The molecule has 0 radical (unpaired) electrons. The topological polar surface area (TPSA) is 55.8 Å². The van der Waals surface area contributed by atoms with Gasteiger partial charge in [0.15, 0.2) is 6.23 Å². The van der Waals surface area contributed by atoms with Crippen molar-refractivity contribution in [3.63, 3.8) is 0 Å². The van der Waals surface area contributed by atoms with Crippen LogP contribution in [0.15, 0.2) is 42.5 Å². The van der Waals surface area contributed by atoms with Gasteiger partial charge in [-0.3, -0.25) is 14.5 Å². The normalized spacial score (nSPS) is 17.5. The summed E-state index contributed by atoms with van der Waals surface area (Å²) in [7, 11) is 0. The molecule has 1 unspecified atom stereocenters. The Balaban J connectivity index is 1.65. The number of esters is 1. The molecular weight excluding hydrogens is 306 g/mol. The van der Waals surface area contributed by atoms with E-state index in [0.717, 1.165) is 10.8 Å². The molecule has 1 amide bonds. The molecule has 1 aliphatic heterocycles. The van der Waals surface area contributed by atoms with E-state index in [1.54, 1.807) is 20.8 Å². The van der Waals surface area contributed by atoms with Gasteiger partial charge in [-0.2, -0.15) is 0 Å². The number of ether oxygens (including phenoxy) is 2. The van der Waals surface area contributed by atoms with Crippen molar-refractivity contribution in [3.8, 4) is 5.75 Å². The lowest BCUT2D eigenvalue weighted by Gasteiger charge is -2.39. The van der Waals surface area contributed by atoms with Crippen LogP contribution in [0.25, 0.3) is 10.8 Å². The zero-order chi connectivity index (χ0) is 17.3. The van der Waals surface area contributed by atoms with Gasteiger partial charge in [0.25, 0.3) is 0 Å². The molecule has 0 aliphatic carbocycles. The van der Waals surface area contributed by atoms with Crippen LogP contribution in [0.4, 0.5) is 0 Å². The van der Waals surface area contributed by atoms with Crippen molar-refractivity contribution in [2.45, 2.75) is 39.0 Å². The second kappa shape index (κ2) is 6.15. The Morgan fingerprint density at radius 2 is 1.88 bits per heavy atom. The smallest absolute Gasteiger partial charge is 0.326 e. The molecule has 0 saturated carbocycles. The van der Waals surface area contributed by atoms with Gasteiger partial charge >= 0.3 is 5.97 Å². The number of nitrogens with zero attached hydrogens (tertiary/aromatic N) is 1. The van der Waals surface area contributed by atoms with Gasteiger partial charge in [0.1, 0.15) is 17.9 Å². The lowest BCUT2D eigenvalue weighted by Crippen LogP contribution is -2.57. The van der Waals surface area contributed by atoms with Gasteiger partial charge in [-0.25, -0.2) is 0 Å². The summed E-state index contributed by atoms with van der Waals surface area (Å²) in [6, 6.07) is 13.8. The molecule has 0 aromatic heterocycles. The average Bonchev–Trinajstić information content (AvgIpc) is 2.51. The van der Waals surface area contributed by atoms with Gasteiger partial charge in [0, 0.05) is 0 Å². The average molecular weight is 327 g/mol. The number of amides is 1. The molecule has 1 saturated heterocycles. The van der Waals surface area contributed by atoms with Gasteiger partial charge in [-0.15, -0.1) is 0 Å². The van der Waals surface area contributed by atoms with E-state index in [4.69, 9.17) is 9.47 Å². The highest BCUT2D eigenvalue weighted by atomic mass is 16.6. The number of rotatable bonds is 4. The number of fused-ring (bicyclic) bond motifs is 1. The first-order valence-electron chi connectivity index (χ1n) is 7.99. The fourth-order valence-electron chi connectivity index (χ4n) is 2.63. The number of likely N-dealkylation sites (tertiary alicyclic amines) is 1. The predicted molar refractivity (Wildman–Crippen MR) is 90.5 cm³/mol. The fraction of sp³-hybridized carbons (Fsp3) is 0.368. The van der Waals surface area contributed by atoms with Crippen molar-refractivity contribution in [1.29, 1.82) is 0 Å². The Morgan fingerprint density at radius 1 is 1.17 bits per heavy atom. The summed E-state index contributed by atoms with van der Waals surface area (Å²) in [5.41, 5.74) is -0.570.